The van der Waals surface area contributed by atoms with Gasteiger partial charge >= 0.3 is 0 Å². The Morgan fingerprint density at radius 1 is 1.41 bits per heavy atom. The molecule has 1 saturated heterocycles. The van der Waals surface area contributed by atoms with Crippen LogP contribution in [0.2, 0.25) is 5.02 Å². The number of anilines is 1. The fourth-order valence-electron chi connectivity index (χ4n) is 1.83. The molecule has 0 spiro atoms. The lowest BCUT2D eigenvalue weighted by Gasteiger charge is -2.34. The lowest BCUT2D eigenvalue weighted by molar-refractivity contribution is -0.129. The minimum absolute atomic E-state index is 0.0557. The van der Waals surface area contributed by atoms with E-state index in [0.29, 0.717) is 23.7 Å². The van der Waals surface area contributed by atoms with E-state index < -0.39 is 0 Å². The molecule has 0 saturated carbocycles. The standard InChI is InChI=1S/C12H12ClN3O/c1-15-4-5-16(8-12(15)17)11-6-10(13)3-2-9(11)7-14/h2-3,6H,4-5,8H2,1H3. The highest BCUT2D eigenvalue weighted by Gasteiger charge is 2.22. The molecule has 4 nitrogen and oxygen atoms in total. The second-order valence-electron chi connectivity index (χ2n) is 4.01. The number of halogens is 1. The van der Waals surface area contributed by atoms with Crippen LogP contribution in [0.1, 0.15) is 5.56 Å². The van der Waals surface area contributed by atoms with Crippen LogP contribution in [0.15, 0.2) is 18.2 Å². The number of hydrogen-bond donors (Lipinski definition) is 0. The predicted octanol–water partition coefficient (Wildman–Crippen LogP) is 1.49. The summed E-state index contributed by atoms with van der Waals surface area (Å²) < 4.78 is 0. The third-order valence-electron chi connectivity index (χ3n) is 2.88. The number of carbonyl (C=O) groups excluding carboxylic acids is 1. The van der Waals surface area contributed by atoms with Gasteiger partial charge in [-0.1, -0.05) is 11.6 Å². The van der Waals surface area contributed by atoms with E-state index in [2.05, 4.69) is 6.07 Å². The van der Waals surface area contributed by atoms with Crippen molar-refractivity contribution in [3.63, 3.8) is 0 Å². The topological polar surface area (TPSA) is 47.3 Å². The molecule has 1 aromatic carbocycles. The third-order valence-corrected chi connectivity index (χ3v) is 3.11. The van der Waals surface area contributed by atoms with Crippen LogP contribution in [-0.2, 0) is 4.79 Å². The number of rotatable bonds is 1. The third kappa shape index (κ3) is 2.34. The molecule has 5 heteroatoms. The SMILES string of the molecule is CN1CCN(c2cc(Cl)ccc2C#N)CC1=O. The van der Waals surface area contributed by atoms with Gasteiger partial charge in [-0.15, -0.1) is 0 Å². The summed E-state index contributed by atoms with van der Waals surface area (Å²) in [5, 5.41) is 9.62. The first-order valence-corrected chi connectivity index (χ1v) is 5.68. The molecule has 0 bridgehead atoms. The zero-order valence-corrected chi connectivity index (χ0v) is 10.2. The van der Waals surface area contributed by atoms with Crippen LogP contribution in [0.3, 0.4) is 0 Å². The molecule has 0 unspecified atom stereocenters. The van der Waals surface area contributed by atoms with E-state index in [1.807, 2.05) is 4.90 Å². The largest absolute Gasteiger partial charge is 0.359 e. The Bertz CT molecular complexity index is 495. The lowest BCUT2D eigenvalue weighted by Crippen LogP contribution is -2.48. The number of amides is 1. The average molecular weight is 250 g/mol. The summed E-state index contributed by atoms with van der Waals surface area (Å²) in [4.78, 5) is 15.2. The first-order chi connectivity index (χ1) is 8.11. The van der Waals surface area contributed by atoms with Gasteiger partial charge in [0.2, 0.25) is 5.91 Å². The van der Waals surface area contributed by atoms with Gasteiger partial charge in [0.1, 0.15) is 6.07 Å². The van der Waals surface area contributed by atoms with Gasteiger partial charge in [0, 0.05) is 25.2 Å². The van der Waals surface area contributed by atoms with E-state index in [9.17, 15) is 4.79 Å². The molecular formula is C12H12ClN3O. The van der Waals surface area contributed by atoms with Crippen LogP contribution in [-0.4, -0.2) is 37.5 Å². The summed E-state index contributed by atoms with van der Waals surface area (Å²) in [6.45, 7) is 1.68. The van der Waals surface area contributed by atoms with Crippen molar-refractivity contribution in [3.8, 4) is 6.07 Å². The van der Waals surface area contributed by atoms with Gasteiger partial charge in [0.15, 0.2) is 0 Å². The molecule has 1 aliphatic rings. The summed E-state index contributed by atoms with van der Waals surface area (Å²) in [6.07, 6.45) is 0. The number of piperazine rings is 1. The number of nitriles is 1. The Morgan fingerprint density at radius 3 is 2.82 bits per heavy atom. The maximum Gasteiger partial charge on any atom is 0.241 e. The Labute approximate surface area is 105 Å². The number of hydrogen-bond acceptors (Lipinski definition) is 3. The highest BCUT2D eigenvalue weighted by molar-refractivity contribution is 6.30. The highest BCUT2D eigenvalue weighted by Crippen LogP contribution is 2.25. The van der Waals surface area contributed by atoms with Crippen LogP contribution in [0, 0.1) is 11.3 Å². The van der Waals surface area contributed by atoms with Crippen molar-refractivity contribution >= 4 is 23.2 Å². The van der Waals surface area contributed by atoms with Crippen LogP contribution in [0.5, 0.6) is 0 Å². The molecule has 17 heavy (non-hydrogen) atoms. The Morgan fingerprint density at radius 2 is 2.18 bits per heavy atom. The van der Waals surface area contributed by atoms with Gasteiger partial charge in [-0.3, -0.25) is 4.79 Å². The van der Waals surface area contributed by atoms with Gasteiger partial charge in [0.25, 0.3) is 0 Å². The van der Waals surface area contributed by atoms with Gasteiger partial charge in [-0.05, 0) is 18.2 Å². The lowest BCUT2D eigenvalue weighted by atomic mass is 10.1. The van der Waals surface area contributed by atoms with Gasteiger partial charge < -0.3 is 9.80 Å². The molecule has 0 aromatic heterocycles. The molecule has 1 fully saturated rings. The van der Waals surface area contributed by atoms with Crippen molar-refractivity contribution in [2.24, 2.45) is 0 Å². The van der Waals surface area contributed by atoms with Gasteiger partial charge in [-0.25, -0.2) is 0 Å². The molecular weight excluding hydrogens is 238 g/mol. The number of benzene rings is 1. The first kappa shape index (κ1) is 11.7. The van der Waals surface area contributed by atoms with Crippen LogP contribution < -0.4 is 4.90 Å². The Kier molecular flexibility index (Phi) is 3.21. The maximum absolute atomic E-state index is 11.6. The molecule has 0 radical (unpaired) electrons. The second kappa shape index (κ2) is 4.64. The molecule has 2 rings (SSSR count). The van der Waals surface area contributed by atoms with Crippen molar-refractivity contribution < 1.29 is 4.79 Å². The van der Waals surface area contributed by atoms with Crippen LogP contribution in [0.25, 0.3) is 0 Å². The molecule has 1 aromatic rings. The smallest absolute Gasteiger partial charge is 0.241 e. The molecule has 0 aliphatic carbocycles. The molecule has 0 atom stereocenters. The summed E-state index contributed by atoms with van der Waals surface area (Å²) in [5.74, 6) is 0.0557. The van der Waals surface area contributed by atoms with Crippen molar-refractivity contribution in [2.75, 3.05) is 31.6 Å². The summed E-state index contributed by atoms with van der Waals surface area (Å²) in [6, 6.07) is 7.22. The minimum atomic E-state index is 0.0557. The predicted molar refractivity (Wildman–Crippen MR) is 66.0 cm³/mol. The van der Waals surface area contributed by atoms with Crippen molar-refractivity contribution in [3.05, 3.63) is 28.8 Å². The Hall–Kier alpha value is -1.73. The van der Waals surface area contributed by atoms with E-state index in [-0.39, 0.29) is 5.91 Å². The summed E-state index contributed by atoms with van der Waals surface area (Å²) in [7, 11) is 1.78. The number of carbonyl (C=O) groups is 1. The molecule has 1 aliphatic heterocycles. The van der Waals surface area contributed by atoms with Crippen molar-refractivity contribution in [1.82, 2.24) is 4.90 Å². The second-order valence-corrected chi connectivity index (χ2v) is 4.45. The van der Waals surface area contributed by atoms with E-state index >= 15 is 0 Å². The van der Waals surface area contributed by atoms with Gasteiger partial charge in [-0.2, -0.15) is 5.26 Å². The summed E-state index contributed by atoms with van der Waals surface area (Å²) in [5.41, 5.74) is 1.29. The van der Waals surface area contributed by atoms with Crippen molar-refractivity contribution in [2.45, 2.75) is 0 Å². The van der Waals surface area contributed by atoms with Gasteiger partial charge in [0.05, 0.1) is 17.8 Å². The minimum Gasteiger partial charge on any atom is -0.359 e. The quantitative estimate of drug-likeness (QED) is 0.758. The van der Waals surface area contributed by atoms with E-state index in [4.69, 9.17) is 16.9 Å². The average Bonchev–Trinajstić information content (AvgIpc) is 2.32. The van der Waals surface area contributed by atoms with E-state index in [1.54, 1.807) is 30.1 Å². The molecule has 1 heterocycles. The fraction of sp³-hybridized carbons (Fsp3) is 0.333. The van der Waals surface area contributed by atoms with Crippen LogP contribution in [0.4, 0.5) is 5.69 Å². The fourth-order valence-corrected chi connectivity index (χ4v) is 1.99. The normalized spacial score (nSPS) is 15.9. The summed E-state index contributed by atoms with van der Waals surface area (Å²) >= 11 is 5.93. The first-order valence-electron chi connectivity index (χ1n) is 5.30. The molecule has 88 valence electrons. The van der Waals surface area contributed by atoms with Crippen molar-refractivity contribution in [1.29, 1.82) is 5.26 Å². The zero-order valence-electron chi connectivity index (χ0n) is 9.48. The zero-order chi connectivity index (χ0) is 12.4. The highest BCUT2D eigenvalue weighted by atomic mass is 35.5. The molecule has 0 N–H and O–H groups in total. The van der Waals surface area contributed by atoms with E-state index in [0.717, 1.165) is 12.2 Å². The monoisotopic (exact) mass is 249 g/mol. The molecule has 1 amide bonds. The van der Waals surface area contributed by atoms with E-state index in [1.165, 1.54) is 0 Å². The Balaban J connectivity index is 2.31. The van der Waals surface area contributed by atoms with Crippen LogP contribution >= 0.6 is 11.6 Å². The number of likely N-dealkylation sites (N-methyl/N-ethyl adjacent to an activating group) is 1. The maximum atomic E-state index is 11.6. The number of nitrogens with zero attached hydrogens (tertiary/aromatic N) is 3.